The van der Waals surface area contributed by atoms with Crippen molar-refractivity contribution in [3.63, 3.8) is 0 Å². The third-order valence-electron chi connectivity index (χ3n) is 6.29. The van der Waals surface area contributed by atoms with E-state index < -0.39 is 29.2 Å². The Bertz CT molecular complexity index is 939. The first-order valence-corrected chi connectivity index (χ1v) is 11.6. The van der Waals surface area contributed by atoms with Gasteiger partial charge in [-0.15, -0.1) is 0 Å². The number of carbonyl (C=O) groups excluding carboxylic acids is 3. The van der Waals surface area contributed by atoms with Gasteiger partial charge in [-0.25, -0.2) is 4.39 Å². The lowest BCUT2D eigenvalue weighted by Crippen LogP contribution is -2.49. The van der Waals surface area contributed by atoms with E-state index in [1.165, 1.54) is 12.1 Å². The second-order valence-corrected chi connectivity index (χ2v) is 9.28. The third kappa shape index (κ3) is 4.75. The van der Waals surface area contributed by atoms with Crippen LogP contribution in [0, 0.1) is 5.82 Å². The largest absolute Gasteiger partial charge is 0.403 e. The number of likely N-dealkylation sites (tertiary alicyclic amines) is 1. The van der Waals surface area contributed by atoms with Gasteiger partial charge in [0.25, 0.3) is 11.8 Å². The Morgan fingerprint density at radius 2 is 1.88 bits per heavy atom. The van der Waals surface area contributed by atoms with Crippen molar-refractivity contribution in [2.24, 2.45) is 10.9 Å². The van der Waals surface area contributed by atoms with Gasteiger partial charge in [0.05, 0.1) is 6.04 Å². The lowest BCUT2D eigenvalue weighted by molar-refractivity contribution is -0.128. The number of carbonyl (C=O) groups is 3. The summed E-state index contributed by atoms with van der Waals surface area (Å²) in [6, 6.07) is 3.93. The number of nitrogens with one attached hydrogen (secondary N) is 2. The molecule has 8 nitrogen and oxygen atoms in total. The standard InChI is InChI=1S/C22H30FN5O3S/c1-12-4-5-13(2)28(12)20(30)15-6-7-16(17(23)10-15)14(3)26-21(31)22(8-9-22)27-19(29)18(11-24)32-25/h6-7,10-14H,4-5,8-9,24-25H2,1-3H3,(H,26,31)(H,27,29)/b18-11-. The van der Waals surface area contributed by atoms with E-state index >= 15 is 0 Å². The molecule has 2 fully saturated rings. The van der Waals surface area contributed by atoms with E-state index in [-0.39, 0.29) is 34.0 Å². The summed E-state index contributed by atoms with van der Waals surface area (Å²) in [4.78, 5) is 39.7. The maximum atomic E-state index is 14.9. The van der Waals surface area contributed by atoms with Crippen LogP contribution in [-0.4, -0.2) is 40.2 Å². The van der Waals surface area contributed by atoms with Gasteiger partial charge in [-0.3, -0.25) is 19.5 Å². The number of nitrogens with zero attached hydrogens (tertiary/aromatic N) is 1. The summed E-state index contributed by atoms with van der Waals surface area (Å²) in [6.07, 6.45) is 3.88. The number of halogens is 1. The maximum absolute atomic E-state index is 14.9. The molecule has 0 bridgehead atoms. The Labute approximate surface area is 191 Å². The average molecular weight is 464 g/mol. The number of hydrogen-bond donors (Lipinski definition) is 4. The van der Waals surface area contributed by atoms with Crippen LogP contribution in [0.5, 0.6) is 0 Å². The predicted octanol–water partition coefficient (Wildman–Crippen LogP) is 2.07. The highest BCUT2D eigenvalue weighted by Gasteiger charge is 2.51. The fraction of sp³-hybridized carbons (Fsp3) is 0.500. The zero-order valence-electron chi connectivity index (χ0n) is 18.5. The maximum Gasteiger partial charge on any atom is 0.261 e. The van der Waals surface area contributed by atoms with Crippen molar-refractivity contribution in [3.8, 4) is 0 Å². The number of nitrogens with two attached hydrogens (primary N) is 2. The van der Waals surface area contributed by atoms with Crippen LogP contribution in [0.4, 0.5) is 4.39 Å². The smallest absolute Gasteiger partial charge is 0.261 e. The quantitative estimate of drug-likeness (QED) is 0.362. The van der Waals surface area contributed by atoms with E-state index in [4.69, 9.17) is 10.9 Å². The highest BCUT2D eigenvalue weighted by Crippen LogP contribution is 2.37. The van der Waals surface area contributed by atoms with Gasteiger partial charge >= 0.3 is 0 Å². The predicted molar refractivity (Wildman–Crippen MR) is 121 cm³/mol. The molecule has 1 saturated heterocycles. The minimum absolute atomic E-state index is 0.102. The van der Waals surface area contributed by atoms with Gasteiger partial charge in [0.1, 0.15) is 16.3 Å². The Morgan fingerprint density at radius 3 is 2.38 bits per heavy atom. The van der Waals surface area contributed by atoms with Crippen molar-refractivity contribution in [1.29, 1.82) is 0 Å². The molecule has 0 aromatic heterocycles. The van der Waals surface area contributed by atoms with Crippen LogP contribution < -0.4 is 21.5 Å². The molecule has 1 aromatic rings. The molecule has 6 N–H and O–H groups in total. The molecule has 1 saturated carbocycles. The molecule has 3 amide bonds. The minimum atomic E-state index is -1.05. The van der Waals surface area contributed by atoms with Crippen LogP contribution >= 0.6 is 11.9 Å². The molecule has 174 valence electrons. The van der Waals surface area contributed by atoms with E-state index in [2.05, 4.69) is 10.6 Å². The first-order valence-electron chi connectivity index (χ1n) is 10.7. The molecule has 3 unspecified atom stereocenters. The Morgan fingerprint density at radius 1 is 1.25 bits per heavy atom. The Balaban J connectivity index is 1.68. The highest BCUT2D eigenvalue weighted by atomic mass is 32.2. The van der Waals surface area contributed by atoms with E-state index in [9.17, 15) is 18.8 Å². The summed E-state index contributed by atoms with van der Waals surface area (Å²) in [6.45, 7) is 5.64. The van der Waals surface area contributed by atoms with Crippen LogP contribution in [0.25, 0.3) is 0 Å². The van der Waals surface area contributed by atoms with Crippen molar-refractivity contribution >= 4 is 29.7 Å². The van der Waals surface area contributed by atoms with Crippen molar-refractivity contribution in [1.82, 2.24) is 15.5 Å². The summed E-state index contributed by atoms with van der Waals surface area (Å²) in [5, 5.41) is 10.8. The lowest BCUT2D eigenvalue weighted by Gasteiger charge is -2.27. The molecule has 1 aliphatic carbocycles. The van der Waals surface area contributed by atoms with Gasteiger partial charge in [0, 0.05) is 29.4 Å². The summed E-state index contributed by atoms with van der Waals surface area (Å²) < 4.78 is 14.9. The monoisotopic (exact) mass is 463 g/mol. The van der Waals surface area contributed by atoms with E-state index in [1.807, 2.05) is 13.8 Å². The molecule has 32 heavy (non-hydrogen) atoms. The molecule has 0 radical (unpaired) electrons. The number of amides is 3. The fourth-order valence-corrected chi connectivity index (χ4v) is 4.39. The molecule has 3 atom stereocenters. The summed E-state index contributed by atoms with van der Waals surface area (Å²) in [5.41, 5.74) is 4.87. The summed E-state index contributed by atoms with van der Waals surface area (Å²) in [5.74, 6) is -1.69. The second-order valence-electron chi connectivity index (χ2n) is 8.60. The fourth-order valence-electron chi connectivity index (χ4n) is 4.15. The van der Waals surface area contributed by atoms with Crippen LogP contribution in [0.2, 0.25) is 0 Å². The van der Waals surface area contributed by atoms with E-state index in [0.717, 1.165) is 19.0 Å². The minimum Gasteiger partial charge on any atom is -0.403 e. The number of benzene rings is 1. The molecule has 10 heteroatoms. The van der Waals surface area contributed by atoms with Crippen LogP contribution in [0.15, 0.2) is 29.3 Å². The second kappa shape index (κ2) is 9.50. The van der Waals surface area contributed by atoms with Crippen molar-refractivity contribution in [3.05, 3.63) is 46.2 Å². The number of rotatable bonds is 7. The van der Waals surface area contributed by atoms with Crippen molar-refractivity contribution in [2.75, 3.05) is 0 Å². The van der Waals surface area contributed by atoms with Gasteiger partial charge in [-0.1, -0.05) is 6.07 Å². The molecule has 0 spiro atoms. The van der Waals surface area contributed by atoms with Crippen molar-refractivity contribution < 1.29 is 18.8 Å². The van der Waals surface area contributed by atoms with Gasteiger partial charge < -0.3 is 21.3 Å². The molecule has 3 rings (SSSR count). The Kier molecular flexibility index (Phi) is 7.14. The molecular formula is C22H30FN5O3S. The van der Waals surface area contributed by atoms with Gasteiger partial charge in [-0.05, 0) is 70.5 Å². The zero-order valence-corrected chi connectivity index (χ0v) is 19.3. The van der Waals surface area contributed by atoms with Crippen LogP contribution in [0.1, 0.15) is 68.4 Å². The lowest BCUT2D eigenvalue weighted by atomic mass is 10.0. The van der Waals surface area contributed by atoms with Gasteiger partial charge in [0.15, 0.2) is 0 Å². The SMILES string of the molecule is CC(NC(=O)C1(NC(=O)/C(=C/N)SN)CC1)c1ccc(C(=O)N2C(C)CCC2C)cc1F. The van der Waals surface area contributed by atoms with Crippen LogP contribution in [-0.2, 0) is 9.59 Å². The topological polar surface area (TPSA) is 131 Å². The molecule has 1 aliphatic heterocycles. The normalized spacial score (nSPS) is 22.9. The van der Waals surface area contributed by atoms with Gasteiger partial charge in [0.2, 0.25) is 5.91 Å². The summed E-state index contributed by atoms with van der Waals surface area (Å²) >= 11 is 0.696. The first kappa shape index (κ1) is 24.1. The molecule has 1 heterocycles. The van der Waals surface area contributed by atoms with E-state index in [0.29, 0.717) is 24.8 Å². The molecule has 1 aromatic carbocycles. The highest BCUT2D eigenvalue weighted by molar-refractivity contribution is 8.01. The first-order chi connectivity index (χ1) is 15.1. The Hall–Kier alpha value is -2.59. The zero-order chi connectivity index (χ0) is 23.6. The number of hydrogen-bond acceptors (Lipinski definition) is 6. The third-order valence-corrected chi connectivity index (χ3v) is 6.86. The average Bonchev–Trinajstić information content (AvgIpc) is 3.45. The van der Waals surface area contributed by atoms with Gasteiger partial charge in [-0.2, -0.15) is 0 Å². The van der Waals surface area contributed by atoms with E-state index in [1.54, 1.807) is 17.9 Å². The molecular weight excluding hydrogens is 433 g/mol. The molecule has 2 aliphatic rings. The van der Waals surface area contributed by atoms with Crippen molar-refractivity contribution in [2.45, 2.75) is 70.1 Å². The van der Waals surface area contributed by atoms with Crippen LogP contribution in [0.3, 0.4) is 0 Å². The summed E-state index contributed by atoms with van der Waals surface area (Å²) in [7, 11) is 0.